The Labute approximate surface area is 121 Å². The van der Waals surface area contributed by atoms with Crippen LogP contribution in [0.2, 0.25) is 5.02 Å². The second kappa shape index (κ2) is 6.36. The van der Waals surface area contributed by atoms with Gasteiger partial charge in [-0.2, -0.15) is 0 Å². The van der Waals surface area contributed by atoms with Gasteiger partial charge in [-0.1, -0.05) is 23.7 Å². The first-order valence-electron chi connectivity index (χ1n) is 5.92. The number of pyridine rings is 1. The van der Waals surface area contributed by atoms with Crippen LogP contribution in [0.1, 0.15) is 5.56 Å². The normalized spacial score (nSPS) is 11.9. The number of nitrogens with zero attached hydrogens (tertiary/aromatic N) is 1. The lowest BCUT2D eigenvalue weighted by Gasteiger charge is -2.08. The Morgan fingerprint density at radius 2 is 2.05 bits per heavy atom. The molecule has 0 aliphatic rings. The lowest BCUT2D eigenvalue weighted by molar-refractivity contribution is -0.138. The predicted octanol–water partition coefficient (Wildman–Crippen LogP) is 2.48. The van der Waals surface area contributed by atoms with E-state index < -0.39 is 12.0 Å². The summed E-state index contributed by atoms with van der Waals surface area (Å²) in [4.78, 5) is 14.7. The number of benzene rings is 1. The number of hydrogen-bond donors (Lipinski definition) is 2. The maximum absolute atomic E-state index is 10.7. The second-order valence-corrected chi connectivity index (χ2v) is 4.59. The Kier molecular flexibility index (Phi) is 4.55. The van der Waals surface area contributed by atoms with Crippen LogP contribution in [0.4, 0.5) is 0 Å². The third-order valence-corrected chi connectivity index (χ3v) is 2.92. The highest BCUT2D eigenvalue weighted by Crippen LogP contribution is 2.26. The van der Waals surface area contributed by atoms with Gasteiger partial charge in [0, 0.05) is 6.20 Å². The minimum Gasteiger partial charge on any atom is -0.480 e. The van der Waals surface area contributed by atoms with Crippen molar-refractivity contribution in [1.29, 1.82) is 0 Å². The molecule has 0 radical (unpaired) electrons. The summed E-state index contributed by atoms with van der Waals surface area (Å²) >= 11 is 5.94. The average molecular weight is 293 g/mol. The van der Waals surface area contributed by atoms with Crippen molar-refractivity contribution >= 4 is 17.6 Å². The van der Waals surface area contributed by atoms with Crippen molar-refractivity contribution in [3.05, 3.63) is 53.2 Å². The minimum absolute atomic E-state index is 0.264. The van der Waals surface area contributed by atoms with E-state index in [1.54, 1.807) is 42.6 Å². The zero-order valence-corrected chi connectivity index (χ0v) is 11.2. The van der Waals surface area contributed by atoms with E-state index in [0.717, 1.165) is 5.56 Å². The van der Waals surface area contributed by atoms with Crippen molar-refractivity contribution in [3.63, 3.8) is 0 Å². The number of hydrogen-bond acceptors (Lipinski definition) is 4. The Bertz CT molecular complexity index is 602. The van der Waals surface area contributed by atoms with Gasteiger partial charge in [0.05, 0.1) is 0 Å². The maximum atomic E-state index is 10.7. The van der Waals surface area contributed by atoms with E-state index in [2.05, 4.69) is 4.98 Å². The van der Waals surface area contributed by atoms with Crippen LogP contribution in [0.15, 0.2) is 42.6 Å². The first-order valence-corrected chi connectivity index (χ1v) is 6.30. The van der Waals surface area contributed by atoms with E-state index in [-0.39, 0.29) is 6.42 Å². The molecule has 2 rings (SSSR count). The number of carboxylic acids is 1. The highest BCUT2D eigenvalue weighted by molar-refractivity contribution is 6.31. The molecule has 20 heavy (non-hydrogen) atoms. The molecule has 0 saturated carbocycles. The number of aliphatic carboxylic acids is 1. The molecule has 104 valence electrons. The van der Waals surface area contributed by atoms with Crippen molar-refractivity contribution in [2.75, 3.05) is 0 Å². The van der Waals surface area contributed by atoms with Gasteiger partial charge in [0.25, 0.3) is 0 Å². The molecule has 1 aromatic heterocycles. The third kappa shape index (κ3) is 3.69. The van der Waals surface area contributed by atoms with Gasteiger partial charge in [-0.05, 0) is 36.2 Å². The summed E-state index contributed by atoms with van der Waals surface area (Å²) in [5.41, 5.74) is 6.29. The molecule has 0 aliphatic heterocycles. The van der Waals surface area contributed by atoms with E-state index in [4.69, 9.17) is 27.2 Å². The smallest absolute Gasteiger partial charge is 0.320 e. The van der Waals surface area contributed by atoms with Gasteiger partial charge in [0.2, 0.25) is 5.88 Å². The average Bonchev–Trinajstić information content (AvgIpc) is 2.43. The molecule has 1 heterocycles. The quantitative estimate of drug-likeness (QED) is 0.884. The fourth-order valence-electron chi connectivity index (χ4n) is 1.59. The second-order valence-electron chi connectivity index (χ2n) is 4.19. The highest BCUT2D eigenvalue weighted by atomic mass is 35.5. The number of ether oxygens (including phenoxy) is 1. The number of carboxylic acid groups (broad SMARTS) is 1. The summed E-state index contributed by atoms with van der Waals surface area (Å²) in [5.74, 6) is -0.131. The highest BCUT2D eigenvalue weighted by Gasteiger charge is 2.12. The van der Waals surface area contributed by atoms with Crippen LogP contribution in [0, 0.1) is 0 Å². The molecule has 6 heteroatoms. The molecule has 5 nitrogen and oxygen atoms in total. The molecule has 0 fully saturated rings. The van der Waals surface area contributed by atoms with Gasteiger partial charge in [0.15, 0.2) is 0 Å². The minimum atomic E-state index is -1.02. The van der Waals surface area contributed by atoms with E-state index in [0.29, 0.717) is 16.7 Å². The number of rotatable bonds is 5. The van der Waals surface area contributed by atoms with Crippen LogP contribution in [0.25, 0.3) is 0 Å². The molecule has 0 aliphatic carbocycles. The lowest BCUT2D eigenvalue weighted by Crippen LogP contribution is -2.32. The number of carbonyl (C=O) groups is 1. The van der Waals surface area contributed by atoms with Crippen LogP contribution < -0.4 is 10.5 Å². The standard InChI is InChI=1S/C14H13ClN2O3/c15-11-2-1-7-17-13(11)20-10-5-3-9(4-6-10)8-12(16)14(18)19/h1-7,12H,8,16H2,(H,18,19)/t12-/m0/s1. The number of halogens is 1. The fraction of sp³-hybridized carbons (Fsp3) is 0.143. The van der Waals surface area contributed by atoms with Crippen LogP contribution in [-0.4, -0.2) is 22.1 Å². The molecule has 0 saturated heterocycles. The summed E-state index contributed by atoms with van der Waals surface area (Å²) in [6.07, 6.45) is 1.85. The SMILES string of the molecule is N[C@@H](Cc1ccc(Oc2ncccc2Cl)cc1)C(=O)O. The third-order valence-electron chi connectivity index (χ3n) is 2.64. The molecular formula is C14H13ClN2O3. The summed E-state index contributed by atoms with van der Waals surface area (Å²) in [5, 5.41) is 9.17. The Balaban J connectivity index is 2.05. The van der Waals surface area contributed by atoms with Gasteiger partial charge in [0.1, 0.15) is 16.8 Å². The molecule has 0 spiro atoms. The first-order chi connectivity index (χ1) is 9.56. The molecule has 0 amide bonds. The maximum Gasteiger partial charge on any atom is 0.320 e. The van der Waals surface area contributed by atoms with Gasteiger partial charge in [-0.15, -0.1) is 0 Å². The van der Waals surface area contributed by atoms with Crippen molar-refractivity contribution in [3.8, 4) is 11.6 Å². The summed E-state index contributed by atoms with van der Waals surface area (Å²) in [6.45, 7) is 0. The molecule has 1 aromatic carbocycles. The largest absolute Gasteiger partial charge is 0.480 e. The predicted molar refractivity (Wildman–Crippen MR) is 75.1 cm³/mol. The summed E-state index contributed by atoms with van der Waals surface area (Å²) < 4.78 is 5.53. The van der Waals surface area contributed by atoms with E-state index >= 15 is 0 Å². The topological polar surface area (TPSA) is 85.4 Å². The molecule has 3 N–H and O–H groups in total. The number of aromatic nitrogens is 1. The molecule has 2 aromatic rings. The monoisotopic (exact) mass is 292 g/mol. The first kappa shape index (κ1) is 14.3. The van der Waals surface area contributed by atoms with Crippen LogP contribution in [-0.2, 0) is 11.2 Å². The molecule has 1 atom stereocenters. The van der Waals surface area contributed by atoms with Gasteiger partial charge < -0.3 is 15.6 Å². The Hall–Kier alpha value is -2.11. The zero-order valence-electron chi connectivity index (χ0n) is 10.5. The van der Waals surface area contributed by atoms with Gasteiger partial charge in [-0.25, -0.2) is 4.98 Å². The fourth-order valence-corrected chi connectivity index (χ4v) is 1.75. The summed E-state index contributed by atoms with van der Waals surface area (Å²) in [6, 6.07) is 9.44. The van der Waals surface area contributed by atoms with Crippen molar-refractivity contribution in [2.45, 2.75) is 12.5 Å². The molecule has 0 bridgehead atoms. The van der Waals surface area contributed by atoms with Crippen molar-refractivity contribution in [1.82, 2.24) is 4.98 Å². The molecule has 0 unspecified atom stereocenters. The van der Waals surface area contributed by atoms with Crippen molar-refractivity contribution < 1.29 is 14.6 Å². The van der Waals surface area contributed by atoms with E-state index in [1.807, 2.05) is 0 Å². The number of nitrogens with two attached hydrogens (primary N) is 1. The Morgan fingerprint density at radius 3 is 2.65 bits per heavy atom. The van der Waals surface area contributed by atoms with E-state index in [9.17, 15) is 4.79 Å². The summed E-state index contributed by atoms with van der Waals surface area (Å²) in [7, 11) is 0. The van der Waals surface area contributed by atoms with Gasteiger partial charge in [-0.3, -0.25) is 4.79 Å². The Morgan fingerprint density at radius 1 is 1.35 bits per heavy atom. The van der Waals surface area contributed by atoms with Gasteiger partial charge >= 0.3 is 5.97 Å². The zero-order chi connectivity index (χ0) is 14.5. The lowest BCUT2D eigenvalue weighted by atomic mass is 10.1. The van der Waals surface area contributed by atoms with Crippen LogP contribution >= 0.6 is 11.6 Å². The van der Waals surface area contributed by atoms with Crippen LogP contribution in [0.3, 0.4) is 0 Å². The van der Waals surface area contributed by atoms with E-state index in [1.165, 1.54) is 0 Å². The molecular weight excluding hydrogens is 280 g/mol. The van der Waals surface area contributed by atoms with Crippen molar-refractivity contribution in [2.24, 2.45) is 5.73 Å². The van der Waals surface area contributed by atoms with Crippen LogP contribution in [0.5, 0.6) is 11.6 Å².